The second kappa shape index (κ2) is 4.98. The molecule has 3 aromatic rings. The number of aromatic nitrogens is 2. The van der Waals surface area contributed by atoms with Crippen LogP contribution < -0.4 is 9.47 Å². The second-order valence-corrected chi connectivity index (χ2v) is 5.00. The highest BCUT2D eigenvalue weighted by Crippen LogP contribution is 2.33. The number of ether oxygens (including phenoxy) is 2. The summed E-state index contributed by atoms with van der Waals surface area (Å²) in [5, 5.41) is 0. The summed E-state index contributed by atoms with van der Waals surface area (Å²) in [6.07, 6.45) is 6.39. The quantitative estimate of drug-likeness (QED) is 0.738. The van der Waals surface area contributed by atoms with Crippen LogP contribution in [0, 0.1) is 0 Å². The molecule has 4 heteroatoms. The summed E-state index contributed by atoms with van der Waals surface area (Å²) < 4.78 is 12.7. The Balaban J connectivity index is 1.55. The summed E-state index contributed by atoms with van der Waals surface area (Å²) in [5.41, 5.74) is 3.59. The van der Waals surface area contributed by atoms with E-state index >= 15 is 0 Å². The van der Waals surface area contributed by atoms with Gasteiger partial charge in [-0.15, -0.1) is 0 Å². The van der Waals surface area contributed by atoms with Gasteiger partial charge >= 0.3 is 0 Å². The predicted molar refractivity (Wildman–Crippen MR) is 78.9 cm³/mol. The number of fused-ring (bicyclic) bond motifs is 1. The molecule has 0 unspecified atom stereocenters. The van der Waals surface area contributed by atoms with E-state index in [1.54, 1.807) is 12.5 Å². The van der Waals surface area contributed by atoms with Crippen molar-refractivity contribution in [2.24, 2.45) is 0 Å². The fourth-order valence-electron chi connectivity index (χ4n) is 2.48. The van der Waals surface area contributed by atoms with Crippen molar-refractivity contribution in [1.29, 1.82) is 0 Å². The third-order valence-corrected chi connectivity index (χ3v) is 3.58. The van der Waals surface area contributed by atoms with Gasteiger partial charge in [0.05, 0.1) is 6.33 Å². The van der Waals surface area contributed by atoms with Crippen molar-refractivity contribution >= 4 is 0 Å². The average Bonchev–Trinajstić information content (AvgIpc) is 3.19. The number of imidazole rings is 1. The normalized spacial score (nSPS) is 12.6. The Morgan fingerprint density at radius 3 is 2.57 bits per heavy atom. The number of benzene rings is 2. The second-order valence-electron chi connectivity index (χ2n) is 5.00. The van der Waals surface area contributed by atoms with Gasteiger partial charge in [0.25, 0.3) is 0 Å². The molecular weight excluding hydrogens is 264 g/mol. The molecule has 2 aromatic carbocycles. The summed E-state index contributed by atoms with van der Waals surface area (Å²) in [6, 6.07) is 14.6. The summed E-state index contributed by atoms with van der Waals surface area (Å²) in [7, 11) is 0. The van der Waals surface area contributed by atoms with E-state index in [1.807, 2.05) is 22.9 Å². The Hall–Kier alpha value is -2.75. The van der Waals surface area contributed by atoms with Gasteiger partial charge in [0.15, 0.2) is 11.5 Å². The van der Waals surface area contributed by atoms with E-state index in [-0.39, 0.29) is 0 Å². The van der Waals surface area contributed by atoms with Crippen LogP contribution in [0.4, 0.5) is 0 Å². The number of nitrogens with zero attached hydrogens (tertiary/aromatic N) is 2. The lowest BCUT2D eigenvalue weighted by atomic mass is 10.0. The Morgan fingerprint density at radius 1 is 0.952 bits per heavy atom. The highest BCUT2D eigenvalue weighted by atomic mass is 16.7. The maximum Gasteiger partial charge on any atom is 0.231 e. The third kappa shape index (κ3) is 2.36. The monoisotopic (exact) mass is 278 g/mol. The zero-order chi connectivity index (χ0) is 14.1. The molecule has 0 N–H and O–H groups in total. The predicted octanol–water partition coefficient (Wildman–Crippen LogP) is 3.19. The van der Waals surface area contributed by atoms with Gasteiger partial charge in [0.1, 0.15) is 0 Å². The van der Waals surface area contributed by atoms with Crippen LogP contribution in [0.25, 0.3) is 5.69 Å². The minimum atomic E-state index is 0.318. The van der Waals surface area contributed by atoms with E-state index < -0.39 is 0 Å². The molecule has 0 aliphatic carbocycles. The van der Waals surface area contributed by atoms with Crippen molar-refractivity contribution in [1.82, 2.24) is 9.55 Å². The molecule has 0 fully saturated rings. The SMILES string of the molecule is c1cn(-c2ccc(Cc3ccc4c(c3)OCO4)cc2)cn1. The van der Waals surface area contributed by atoms with Gasteiger partial charge in [-0.05, 0) is 41.8 Å². The lowest BCUT2D eigenvalue weighted by Crippen LogP contribution is -1.93. The molecule has 1 aliphatic heterocycles. The summed E-state index contributed by atoms with van der Waals surface area (Å²) in [4.78, 5) is 4.06. The molecule has 0 amide bonds. The van der Waals surface area contributed by atoms with Crippen molar-refractivity contribution in [2.45, 2.75) is 6.42 Å². The molecule has 0 saturated carbocycles. The summed E-state index contributed by atoms with van der Waals surface area (Å²) in [5.74, 6) is 1.66. The lowest BCUT2D eigenvalue weighted by Gasteiger charge is -2.06. The number of hydrogen-bond acceptors (Lipinski definition) is 3. The van der Waals surface area contributed by atoms with Gasteiger partial charge in [-0.25, -0.2) is 4.98 Å². The van der Waals surface area contributed by atoms with Gasteiger partial charge in [0, 0.05) is 18.1 Å². The van der Waals surface area contributed by atoms with E-state index in [9.17, 15) is 0 Å². The Labute approximate surface area is 122 Å². The Kier molecular flexibility index (Phi) is 2.85. The first-order valence-corrected chi connectivity index (χ1v) is 6.84. The standard InChI is InChI=1S/C17H14N2O2/c1-4-15(19-8-7-18-11-19)5-2-13(1)9-14-3-6-16-17(10-14)21-12-20-16/h1-8,10-11H,9,12H2. The van der Waals surface area contributed by atoms with Crippen LogP contribution in [0.5, 0.6) is 11.5 Å². The van der Waals surface area contributed by atoms with E-state index in [0.29, 0.717) is 6.79 Å². The third-order valence-electron chi connectivity index (χ3n) is 3.58. The highest BCUT2D eigenvalue weighted by Gasteiger charge is 2.13. The van der Waals surface area contributed by atoms with Gasteiger partial charge in [-0.3, -0.25) is 0 Å². The van der Waals surface area contributed by atoms with Crippen LogP contribution >= 0.6 is 0 Å². The van der Waals surface area contributed by atoms with Gasteiger partial charge in [0.2, 0.25) is 6.79 Å². The van der Waals surface area contributed by atoms with Crippen LogP contribution in [-0.4, -0.2) is 16.3 Å². The molecule has 104 valence electrons. The molecule has 4 rings (SSSR count). The molecule has 0 spiro atoms. The topological polar surface area (TPSA) is 36.3 Å². The maximum absolute atomic E-state index is 5.41. The van der Waals surface area contributed by atoms with Crippen LogP contribution in [0.15, 0.2) is 61.2 Å². The van der Waals surface area contributed by atoms with Crippen LogP contribution in [0.2, 0.25) is 0 Å². The van der Waals surface area contributed by atoms with Crippen LogP contribution in [0.3, 0.4) is 0 Å². The molecule has 1 aromatic heterocycles. The maximum atomic E-state index is 5.41. The molecule has 4 nitrogen and oxygen atoms in total. The average molecular weight is 278 g/mol. The summed E-state index contributed by atoms with van der Waals surface area (Å²) in [6.45, 7) is 0.318. The minimum absolute atomic E-state index is 0.318. The molecule has 1 aliphatic rings. The van der Waals surface area contributed by atoms with Crippen LogP contribution in [-0.2, 0) is 6.42 Å². The van der Waals surface area contributed by atoms with E-state index in [2.05, 4.69) is 35.3 Å². The van der Waals surface area contributed by atoms with Gasteiger partial charge in [-0.2, -0.15) is 0 Å². The molecule has 0 radical (unpaired) electrons. The lowest BCUT2D eigenvalue weighted by molar-refractivity contribution is 0.174. The fraction of sp³-hybridized carbons (Fsp3) is 0.118. The molecule has 0 saturated heterocycles. The number of hydrogen-bond donors (Lipinski definition) is 0. The smallest absolute Gasteiger partial charge is 0.231 e. The van der Waals surface area contributed by atoms with Crippen molar-refractivity contribution in [3.63, 3.8) is 0 Å². The molecule has 2 heterocycles. The number of rotatable bonds is 3. The van der Waals surface area contributed by atoms with Crippen molar-refractivity contribution in [3.05, 3.63) is 72.3 Å². The van der Waals surface area contributed by atoms with Crippen molar-refractivity contribution < 1.29 is 9.47 Å². The van der Waals surface area contributed by atoms with Crippen molar-refractivity contribution in [3.8, 4) is 17.2 Å². The Bertz CT molecular complexity index is 749. The van der Waals surface area contributed by atoms with E-state index in [0.717, 1.165) is 23.6 Å². The zero-order valence-corrected chi connectivity index (χ0v) is 11.4. The highest BCUT2D eigenvalue weighted by molar-refractivity contribution is 5.46. The fourth-order valence-corrected chi connectivity index (χ4v) is 2.48. The molecule has 21 heavy (non-hydrogen) atoms. The van der Waals surface area contributed by atoms with E-state index in [4.69, 9.17) is 9.47 Å². The first-order chi connectivity index (χ1) is 10.4. The van der Waals surface area contributed by atoms with Gasteiger partial charge < -0.3 is 14.0 Å². The summed E-state index contributed by atoms with van der Waals surface area (Å²) >= 11 is 0. The first kappa shape index (κ1) is 12.0. The largest absolute Gasteiger partial charge is 0.454 e. The minimum Gasteiger partial charge on any atom is -0.454 e. The molecule has 0 atom stereocenters. The van der Waals surface area contributed by atoms with Crippen LogP contribution in [0.1, 0.15) is 11.1 Å². The van der Waals surface area contributed by atoms with Crippen molar-refractivity contribution in [2.75, 3.05) is 6.79 Å². The van der Waals surface area contributed by atoms with Gasteiger partial charge in [-0.1, -0.05) is 18.2 Å². The molecule has 0 bridgehead atoms. The van der Waals surface area contributed by atoms with E-state index in [1.165, 1.54) is 11.1 Å². The first-order valence-electron chi connectivity index (χ1n) is 6.84. The molecular formula is C17H14N2O2. The Morgan fingerprint density at radius 2 is 1.76 bits per heavy atom. The zero-order valence-electron chi connectivity index (χ0n) is 11.4.